The van der Waals surface area contributed by atoms with Gasteiger partial charge in [0.25, 0.3) is 5.89 Å². The highest BCUT2D eigenvalue weighted by Crippen LogP contribution is 2.34. The third-order valence-electron chi connectivity index (χ3n) is 1.69. The van der Waals surface area contributed by atoms with Crippen molar-refractivity contribution in [2.24, 2.45) is 7.05 Å². The van der Waals surface area contributed by atoms with Gasteiger partial charge in [0.1, 0.15) is 0 Å². The van der Waals surface area contributed by atoms with E-state index < -0.39 is 11.9 Å². The smallest absolute Gasteiger partial charge is 0.423 e. The number of hydrogen-bond acceptors (Lipinski definition) is 4. The van der Waals surface area contributed by atoms with Crippen molar-refractivity contribution in [3.8, 4) is 11.5 Å². The van der Waals surface area contributed by atoms with Crippen LogP contribution >= 0.6 is 0 Å². The summed E-state index contributed by atoms with van der Waals surface area (Å²) in [5.74, 6) is -0.199. The van der Waals surface area contributed by atoms with E-state index in [1.165, 1.54) is 13.2 Å². The average molecular weight is 218 g/mol. The molecule has 5 nitrogen and oxygen atoms in total. The van der Waals surface area contributed by atoms with E-state index in [1.54, 1.807) is 0 Å². The molecule has 0 N–H and O–H groups in total. The molecule has 2 aromatic rings. The molecule has 0 aliphatic carbocycles. The van der Waals surface area contributed by atoms with Gasteiger partial charge in [-0.15, -0.1) is 10.2 Å². The van der Waals surface area contributed by atoms with Crippen molar-refractivity contribution in [1.29, 1.82) is 0 Å². The van der Waals surface area contributed by atoms with Crippen LogP contribution in [0.4, 0.5) is 13.2 Å². The van der Waals surface area contributed by atoms with Gasteiger partial charge in [-0.3, -0.25) is 4.68 Å². The Labute approximate surface area is 81.5 Å². The zero-order chi connectivity index (χ0) is 11.1. The number of rotatable bonds is 1. The Morgan fingerprint density at radius 2 is 2.13 bits per heavy atom. The molecule has 0 aliphatic heterocycles. The zero-order valence-electron chi connectivity index (χ0n) is 7.49. The van der Waals surface area contributed by atoms with Crippen molar-refractivity contribution >= 4 is 0 Å². The fourth-order valence-electron chi connectivity index (χ4n) is 1.14. The van der Waals surface area contributed by atoms with E-state index in [1.807, 2.05) is 0 Å². The number of alkyl halides is 3. The molecule has 0 saturated heterocycles. The lowest BCUT2D eigenvalue weighted by atomic mass is 10.2. The molecule has 0 fully saturated rings. The maximum absolute atomic E-state index is 12.5. The van der Waals surface area contributed by atoms with Crippen LogP contribution in [0.15, 0.2) is 17.0 Å². The molecular formula is C7H5F3N4O. The monoisotopic (exact) mass is 218 g/mol. The molecule has 2 rings (SSSR count). The highest BCUT2D eigenvalue weighted by atomic mass is 19.4. The summed E-state index contributed by atoms with van der Waals surface area (Å²) in [5, 5.41) is 10.0. The molecule has 0 bridgehead atoms. The molecule has 0 radical (unpaired) electrons. The number of hydrogen-bond donors (Lipinski definition) is 0. The Morgan fingerprint density at radius 1 is 1.40 bits per heavy atom. The summed E-state index contributed by atoms with van der Waals surface area (Å²) in [6.45, 7) is 0. The van der Waals surface area contributed by atoms with Crippen molar-refractivity contribution in [1.82, 2.24) is 20.0 Å². The molecule has 2 aromatic heterocycles. The van der Waals surface area contributed by atoms with Gasteiger partial charge >= 0.3 is 6.18 Å². The quantitative estimate of drug-likeness (QED) is 0.727. The molecule has 0 saturated carbocycles. The van der Waals surface area contributed by atoms with Crippen LogP contribution in [0, 0.1) is 0 Å². The van der Waals surface area contributed by atoms with E-state index in [0.29, 0.717) is 0 Å². The molecule has 80 valence electrons. The maximum Gasteiger partial charge on any atom is 0.435 e. The predicted molar refractivity (Wildman–Crippen MR) is 41.5 cm³/mol. The Balaban J connectivity index is 2.57. The van der Waals surface area contributed by atoms with Crippen molar-refractivity contribution in [2.45, 2.75) is 6.18 Å². The molecule has 0 aromatic carbocycles. The summed E-state index contributed by atoms with van der Waals surface area (Å²) in [6, 6.07) is 0. The van der Waals surface area contributed by atoms with Crippen LogP contribution in [0.2, 0.25) is 0 Å². The van der Waals surface area contributed by atoms with Crippen molar-refractivity contribution in [2.75, 3.05) is 0 Å². The topological polar surface area (TPSA) is 56.7 Å². The fourth-order valence-corrected chi connectivity index (χ4v) is 1.14. The van der Waals surface area contributed by atoms with E-state index in [0.717, 1.165) is 11.1 Å². The zero-order valence-corrected chi connectivity index (χ0v) is 7.49. The first-order valence-electron chi connectivity index (χ1n) is 3.86. The lowest BCUT2D eigenvalue weighted by Crippen LogP contribution is -2.08. The highest BCUT2D eigenvalue weighted by Gasteiger charge is 2.38. The summed E-state index contributed by atoms with van der Waals surface area (Å²) >= 11 is 0. The first-order chi connectivity index (χ1) is 6.98. The second-order valence-electron chi connectivity index (χ2n) is 2.81. The predicted octanol–water partition coefficient (Wildman–Crippen LogP) is 1.49. The third-order valence-corrected chi connectivity index (χ3v) is 1.69. The van der Waals surface area contributed by atoms with Gasteiger partial charge in [0.15, 0.2) is 5.69 Å². The number of halogens is 3. The molecule has 2 heterocycles. The molecule has 0 unspecified atom stereocenters. The van der Waals surface area contributed by atoms with Crippen molar-refractivity contribution in [3.63, 3.8) is 0 Å². The van der Waals surface area contributed by atoms with Crippen LogP contribution in [0.25, 0.3) is 11.5 Å². The Kier molecular flexibility index (Phi) is 1.98. The van der Waals surface area contributed by atoms with E-state index in [4.69, 9.17) is 4.42 Å². The van der Waals surface area contributed by atoms with E-state index in [2.05, 4.69) is 15.3 Å². The Bertz CT molecular complexity index is 459. The number of aromatic nitrogens is 4. The van der Waals surface area contributed by atoms with Crippen molar-refractivity contribution < 1.29 is 17.6 Å². The van der Waals surface area contributed by atoms with Gasteiger partial charge in [-0.25, -0.2) is 0 Å². The standard InChI is InChI=1S/C7H5F3N4O/c1-14-2-4(6-12-11-3-15-6)5(13-14)7(8,9)10/h2-3H,1H3. The first-order valence-corrected chi connectivity index (χ1v) is 3.86. The minimum atomic E-state index is -4.54. The van der Waals surface area contributed by atoms with Gasteiger partial charge in [0, 0.05) is 13.2 Å². The number of nitrogens with zero attached hydrogens (tertiary/aromatic N) is 4. The van der Waals surface area contributed by atoms with Crippen molar-refractivity contribution in [3.05, 3.63) is 18.3 Å². The van der Waals surface area contributed by atoms with Gasteiger partial charge < -0.3 is 4.42 Å². The third kappa shape index (κ3) is 1.69. The lowest BCUT2D eigenvalue weighted by molar-refractivity contribution is -0.141. The molecule has 0 spiro atoms. The second-order valence-corrected chi connectivity index (χ2v) is 2.81. The molecule has 0 amide bonds. The highest BCUT2D eigenvalue weighted by molar-refractivity contribution is 5.55. The Hall–Kier alpha value is -1.86. The van der Waals surface area contributed by atoms with Crippen LogP contribution in [-0.2, 0) is 13.2 Å². The largest absolute Gasteiger partial charge is 0.435 e. The van der Waals surface area contributed by atoms with Crippen LogP contribution in [0.3, 0.4) is 0 Å². The first kappa shape index (κ1) is 9.69. The second kappa shape index (κ2) is 3.07. The lowest BCUT2D eigenvalue weighted by Gasteiger charge is -2.02. The van der Waals surface area contributed by atoms with Gasteiger partial charge in [0.2, 0.25) is 6.39 Å². The summed E-state index contributed by atoms with van der Waals surface area (Å²) in [6.07, 6.45) is -2.40. The Morgan fingerprint density at radius 3 is 2.67 bits per heavy atom. The van der Waals surface area contributed by atoms with Crippen LogP contribution in [-0.4, -0.2) is 20.0 Å². The van der Waals surface area contributed by atoms with E-state index in [9.17, 15) is 13.2 Å². The minimum absolute atomic E-state index is 0.199. The van der Waals surface area contributed by atoms with Crippen LogP contribution < -0.4 is 0 Å². The minimum Gasteiger partial charge on any atom is -0.423 e. The normalized spacial score (nSPS) is 12.0. The van der Waals surface area contributed by atoms with Gasteiger partial charge in [0.05, 0.1) is 5.56 Å². The molecular weight excluding hydrogens is 213 g/mol. The molecule has 0 atom stereocenters. The SMILES string of the molecule is Cn1cc(-c2nnco2)c(C(F)(F)F)n1. The van der Waals surface area contributed by atoms with E-state index in [-0.39, 0.29) is 11.5 Å². The van der Waals surface area contributed by atoms with Crippen LogP contribution in [0.1, 0.15) is 5.69 Å². The number of aryl methyl sites for hydroxylation is 1. The average Bonchev–Trinajstić information content (AvgIpc) is 2.68. The van der Waals surface area contributed by atoms with Gasteiger partial charge in [-0.1, -0.05) is 0 Å². The molecule has 0 aliphatic rings. The molecule has 15 heavy (non-hydrogen) atoms. The summed E-state index contributed by atoms with van der Waals surface area (Å²) in [4.78, 5) is 0. The summed E-state index contributed by atoms with van der Waals surface area (Å²) in [7, 11) is 1.38. The summed E-state index contributed by atoms with van der Waals surface area (Å²) < 4.78 is 43.2. The van der Waals surface area contributed by atoms with Gasteiger partial charge in [-0.05, 0) is 0 Å². The fraction of sp³-hybridized carbons (Fsp3) is 0.286. The molecule has 8 heteroatoms. The van der Waals surface area contributed by atoms with Gasteiger partial charge in [-0.2, -0.15) is 18.3 Å². The maximum atomic E-state index is 12.5. The van der Waals surface area contributed by atoms with E-state index >= 15 is 0 Å². The van der Waals surface area contributed by atoms with Crippen LogP contribution in [0.5, 0.6) is 0 Å². The summed E-state index contributed by atoms with van der Waals surface area (Å²) in [5.41, 5.74) is -1.25.